The Hall–Kier alpha value is -2.51. The molecular weight excluding hydrogens is 628 g/mol. The molecule has 1 unspecified atom stereocenters. The molecule has 0 aliphatic carbocycles. The van der Waals surface area contributed by atoms with E-state index >= 15 is 0 Å². The summed E-state index contributed by atoms with van der Waals surface area (Å²) in [6, 6.07) is 3.31. The number of fused-ring (bicyclic) bond motifs is 4. The molecule has 5 rings (SSSR count). The van der Waals surface area contributed by atoms with E-state index in [4.69, 9.17) is 46.4 Å². The minimum Gasteiger partial charge on any atom is -0.481 e. The molecule has 0 radical (unpaired) electrons. The fourth-order valence-electron chi connectivity index (χ4n) is 6.07. The maximum absolute atomic E-state index is 14.9. The standard InChI is InChI=1S/C24H17Cl4F4N3O5/c1-34(9-4-12(27)18(13(28)5-9)40-22(29)30)19(36)15-14-6-23(31,32)7-35(14)24(16(15)20(37)38)10-2-8(25)3-11(26)17(10)33-21(24)39/h2-5,14-16,22H,6-7H2,1H3,(H,33,39)(H,37,38)/t14-,15+,16?,24+/m1/s1. The van der Waals surface area contributed by atoms with Crippen molar-refractivity contribution in [2.75, 3.05) is 23.8 Å². The number of carbonyl (C=O) groups excluding carboxylic acids is 2. The van der Waals surface area contributed by atoms with Crippen molar-refractivity contribution in [2.45, 2.75) is 30.5 Å². The Morgan fingerprint density at radius 1 is 1.12 bits per heavy atom. The lowest BCUT2D eigenvalue weighted by atomic mass is 9.73. The molecule has 4 atom stereocenters. The third-order valence-electron chi connectivity index (χ3n) is 7.50. The number of ether oxygens (including phenoxy) is 1. The van der Waals surface area contributed by atoms with E-state index in [-0.39, 0.29) is 37.0 Å². The molecule has 2 N–H and O–H groups in total. The van der Waals surface area contributed by atoms with Gasteiger partial charge in [0.2, 0.25) is 5.91 Å². The third kappa shape index (κ3) is 4.27. The Kier molecular flexibility index (Phi) is 7.10. The maximum atomic E-state index is 14.9. The van der Waals surface area contributed by atoms with Crippen molar-refractivity contribution >= 4 is 75.6 Å². The van der Waals surface area contributed by atoms with Gasteiger partial charge in [0.15, 0.2) is 5.75 Å². The van der Waals surface area contributed by atoms with Crippen molar-refractivity contribution < 1.29 is 41.8 Å². The number of nitrogens with one attached hydrogen (secondary N) is 1. The summed E-state index contributed by atoms with van der Waals surface area (Å²) in [5, 5.41) is 12.1. The Labute approximate surface area is 243 Å². The number of carbonyl (C=O) groups is 3. The van der Waals surface area contributed by atoms with Gasteiger partial charge in [0, 0.05) is 35.8 Å². The van der Waals surface area contributed by atoms with E-state index in [9.17, 15) is 37.1 Å². The van der Waals surface area contributed by atoms with Crippen LogP contribution < -0.4 is 15.0 Å². The van der Waals surface area contributed by atoms with Crippen LogP contribution in [0.1, 0.15) is 12.0 Å². The van der Waals surface area contributed by atoms with Gasteiger partial charge >= 0.3 is 12.6 Å². The fraction of sp³-hybridized carbons (Fsp3) is 0.375. The first-order valence-electron chi connectivity index (χ1n) is 11.5. The number of amides is 2. The molecular formula is C24H17Cl4F4N3O5. The number of rotatable bonds is 5. The molecule has 0 saturated carbocycles. The number of anilines is 2. The summed E-state index contributed by atoms with van der Waals surface area (Å²) < 4.78 is 59.6. The van der Waals surface area contributed by atoms with E-state index in [1.54, 1.807) is 0 Å². The van der Waals surface area contributed by atoms with Crippen LogP contribution in [0.5, 0.6) is 5.75 Å². The van der Waals surface area contributed by atoms with Crippen LogP contribution in [0, 0.1) is 11.8 Å². The molecule has 2 saturated heterocycles. The average molecular weight is 645 g/mol. The monoisotopic (exact) mass is 643 g/mol. The van der Waals surface area contributed by atoms with Gasteiger partial charge in [-0.15, -0.1) is 0 Å². The number of nitrogens with zero attached hydrogens (tertiary/aromatic N) is 2. The Morgan fingerprint density at radius 3 is 2.33 bits per heavy atom. The van der Waals surface area contributed by atoms with Crippen molar-refractivity contribution in [1.82, 2.24) is 4.90 Å². The minimum atomic E-state index is -3.37. The first-order chi connectivity index (χ1) is 18.6. The molecule has 214 valence electrons. The molecule has 3 aliphatic heterocycles. The van der Waals surface area contributed by atoms with Crippen molar-refractivity contribution in [2.24, 2.45) is 11.8 Å². The van der Waals surface area contributed by atoms with Crippen molar-refractivity contribution in [1.29, 1.82) is 0 Å². The normalized spacial score (nSPS) is 26.6. The Balaban J connectivity index is 1.65. The summed E-state index contributed by atoms with van der Waals surface area (Å²) in [4.78, 5) is 42.4. The number of aliphatic carboxylic acids is 1. The van der Waals surface area contributed by atoms with Crippen molar-refractivity contribution in [3.8, 4) is 5.75 Å². The maximum Gasteiger partial charge on any atom is 0.387 e. The highest BCUT2D eigenvalue weighted by Gasteiger charge is 2.74. The molecule has 2 aromatic carbocycles. The molecule has 0 aromatic heterocycles. The molecule has 3 heterocycles. The van der Waals surface area contributed by atoms with Crippen LogP contribution in [-0.2, 0) is 19.9 Å². The van der Waals surface area contributed by atoms with Crippen molar-refractivity contribution in [3.05, 3.63) is 49.9 Å². The third-order valence-corrected chi connectivity index (χ3v) is 8.57. The zero-order valence-electron chi connectivity index (χ0n) is 20.0. The number of benzene rings is 2. The smallest absolute Gasteiger partial charge is 0.387 e. The summed E-state index contributed by atoms with van der Waals surface area (Å²) in [5.74, 6) is -11.0. The summed E-state index contributed by atoms with van der Waals surface area (Å²) in [7, 11) is 1.20. The second-order valence-corrected chi connectivity index (χ2v) is 11.3. The zero-order chi connectivity index (χ0) is 29.5. The molecule has 3 aliphatic rings. The number of hydrogen-bond donors (Lipinski definition) is 2. The van der Waals surface area contributed by atoms with Gasteiger partial charge in [-0.2, -0.15) is 8.78 Å². The summed E-state index contributed by atoms with van der Waals surface area (Å²) in [6.07, 6.45) is -0.914. The summed E-state index contributed by atoms with van der Waals surface area (Å²) in [6.45, 7) is -4.26. The van der Waals surface area contributed by atoms with E-state index < -0.39 is 72.4 Å². The topological polar surface area (TPSA) is 99.2 Å². The van der Waals surface area contributed by atoms with Crippen LogP contribution in [0.4, 0.5) is 28.9 Å². The van der Waals surface area contributed by atoms with Crippen LogP contribution in [-0.4, -0.2) is 60.0 Å². The highest BCUT2D eigenvalue weighted by atomic mass is 35.5. The molecule has 0 bridgehead atoms. The predicted molar refractivity (Wildman–Crippen MR) is 138 cm³/mol. The van der Waals surface area contributed by atoms with Gasteiger partial charge in [-0.3, -0.25) is 19.3 Å². The van der Waals surface area contributed by atoms with E-state index in [0.717, 1.165) is 21.9 Å². The number of hydrogen-bond acceptors (Lipinski definition) is 5. The largest absolute Gasteiger partial charge is 0.481 e. The average Bonchev–Trinajstić information content (AvgIpc) is 3.41. The number of halogens is 8. The molecule has 16 heteroatoms. The van der Waals surface area contributed by atoms with Crippen LogP contribution in [0.15, 0.2) is 24.3 Å². The molecule has 2 fully saturated rings. The zero-order valence-corrected chi connectivity index (χ0v) is 23.1. The van der Waals surface area contributed by atoms with Crippen LogP contribution in [0.2, 0.25) is 20.1 Å². The second kappa shape index (κ2) is 9.80. The van der Waals surface area contributed by atoms with Gasteiger partial charge in [0.25, 0.3) is 11.8 Å². The van der Waals surface area contributed by atoms with Gasteiger partial charge in [0.1, 0.15) is 11.5 Å². The number of carboxylic acids is 1. The first kappa shape index (κ1) is 29.0. The second-order valence-electron chi connectivity index (χ2n) is 9.64. The van der Waals surface area contributed by atoms with E-state index in [1.807, 2.05) is 0 Å². The SMILES string of the molecule is CN(C(=O)[C@@H]1C(C(=O)O)[C@@]2(C(=O)Nc3c(Cl)cc(Cl)cc32)N2CC(F)(F)C[C@H]12)c1cc(Cl)c(OC(F)F)c(Cl)c1. The number of alkyl halides is 4. The van der Waals surface area contributed by atoms with Crippen molar-refractivity contribution in [3.63, 3.8) is 0 Å². The lowest BCUT2D eigenvalue weighted by Gasteiger charge is -2.36. The van der Waals surface area contributed by atoms with E-state index in [0.29, 0.717) is 0 Å². The highest BCUT2D eigenvalue weighted by Crippen LogP contribution is 2.61. The predicted octanol–water partition coefficient (Wildman–Crippen LogP) is 5.75. The Bertz CT molecular complexity index is 1440. The van der Waals surface area contributed by atoms with Crippen LogP contribution in [0.25, 0.3) is 0 Å². The van der Waals surface area contributed by atoms with Gasteiger partial charge in [-0.05, 0) is 24.3 Å². The summed E-state index contributed by atoms with van der Waals surface area (Å²) >= 11 is 24.5. The Morgan fingerprint density at radius 2 is 1.75 bits per heavy atom. The fourth-order valence-corrected chi connectivity index (χ4v) is 7.18. The summed E-state index contributed by atoms with van der Waals surface area (Å²) in [5.41, 5.74) is -2.34. The molecule has 2 aromatic rings. The van der Waals surface area contributed by atoms with E-state index in [1.165, 1.54) is 19.2 Å². The lowest BCUT2D eigenvalue weighted by molar-refractivity contribution is -0.153. The lowest BCUT2D eigenvalue weighted by Crippen LogP contribution is -2.54. The quantitative estimate of drug-likeness (QED) is 0.402. The molecule has 1 spiro atoms. The molecule has 2 amide bonds. The van der Waals surface area contributed by atoms with Crippen LogP contribution in [0.3, 0.4) is 0 Å². The van der Waals surface area contributed by atoms with Gasteiger partial charge in [0.05, 0.1) is 33.2 Å². The molecule has 8 nitrogen and oxygen atoms in total. The molecule has 40 heavy (non-hydrogen) atoms. The van der Waals surface area contributed by atoms with E-state index in [2.05, 4.69) is 10.1 Å². The van der Waals surface area contributed by atoms with Crippen LogP contribution >= 0.6 is 46.4 Å². The minimum absolute atomic E-state index is 0.00548. The van der Waals surface area contributed by atoms with Gasteiger partial charge in [-0.1, -0.05) is 46.4 Å². The first-order valence-corrected chi connectivity index (χ1v) is 13.0. The van der Waals surface area contributed by atoms with Gasteiger partial charge in [-0.25, -0.2) is 8.78 Å². The van der Waals surface area contributed by atoms with Gasteiger partial charge < -0.3 is 20.1 Å². The number of carboxylic acid groups (broad SMARTS) is 1. The highest BCUT2D eigenvalue weighted by molar-refractivity contribution is 6.38.